The Morgan fingerprint density at radius 1 is 1.08 bits per heavy atom. The van der Waals surface area contributed by atoms with Crippen molar-refractivity contribution in [1.29, 1.82) is 5.26 Å². The van der Waals surface area contributed by atoms with E-state index >= 15 is 0 Å². The first-order valence-electron chi connectivity index (χ1n) is 8.51. The largest absolute Gasteiger partial charge is 0.452 e. The van der Waals surface area contributed by atoms with E-state index in [0.29, 0.717) is 17.0 Å². The smallest absolute Gasteiger partial charge is 0.338 e. The lowest BCUT2D eigenvalue weighted by Crippen LogP contribution is -2.33. The van der Waals surface area contributed by atoms with Gasteiger partial charge in [-0.25, -0.2) is 4.79 Å². The standard InChI is InChI=1S/C21H22N2O3/c1-15(2)12-19(17-6-4-3-5-7-17)23-20(24)14-26-21(25)18-10-8-16(13-22)9-11-18/h3-11,15,19H,12,14H2,1-2H3,(H,23,24)/t19-/m1/s1. The lowest BCUT2D eigenvalue weighted by molar-refractivity contribution is -0.125. The van der Waals surface area contributed by atoms with Crippen LogP contribution < -0.4 is 5.32 Å². The van der Waals surface area contributed by atoms with Crippen LogP contribution >= 0.6 is 0 Å². The van der Waals surface area contributed by atoms with Crippen molar-refractivity contribution >= 4 is 11.9 Å². The maximum Gasteiger partial charge on any atom is 0.338 e. The number of nitrogens with one attached hydrogen (secondary N) is 1. The van der Waals surface area contributed by atoms with Gasteiger partial charge in [-0.05, 0) is 42.2 Å². The Morgan fingerprint density at radius 2 is 1.73 bits per heavy atom. The van der Waals surface area contributed by atoms with Crippen molar-refractivity contribution in [2.45, 2.75) is 26.3 Å². The number of rotatable bonds is 7. The first-order chi connectivity index (χ1) is 12.5. The van der Waals surface area contributed by atoms with Gasteiger partial charge in [-0.1, -0.05) is 44.2 Å². The molecular formula is C21H22N2O3. The Balaban J connectivity index is 1.93. The van der Waals surface area contributed by atoms with Crippen molar-refractivity contribution in [3.63, 3.8) is 0 Å². The maximum atomic E-state index is 12.2. The Hall–Kier alpha value is -3.13. The number of nitriles is 1. The molecule has 0 fully saturated rings. The predicted molar refractivity (Wildman–Crippen MR) is 98.2 cm³/mol. The highest BCUT2D eigenvalue weighted by atomic mass is 16.5. The summed E-state index contributed by atoms with van der Waals surface area (Å²) in [4.78, 5) is 24.2. The Morgan fingerprint density at radius 3 is 2.31 bits per heavy atom. The maximum absolute atomic E-state index is 12.2. The van der Waals surface area contributed by atoms with Crippen LogP contribution in [-0.4, -0.2) is 18.5 Å². The van der Waals surface area contributed by atoms with Gasteiger partial charge in [-0.3, -0.25) is 4.79 Å². The van der Waals surface area contributed by atoms with Gasteiger partial charge < -0.3 is 10.1 Å². The molecule has 26 heavy (non-hydrogen) atoms. The number of benzene rings is 2. The van der Waals surface area contributed by atoms with E-state index in [1.54, 1.807) is 0 Å². The molecule has 5 nitrogen and oxygen atoms in total. The number of hydrogen-bond donors (Lipinski definition) is 1. The van der Waals surface area contributed by atoms with E-state index in [-0.39, 0.29) is 18.6 Å². The van der Waals surface area contributed by atoms with E-state index in [9.17, 15) is 9.59 Å². The van der Waals surface area contributed by atoms with E-state index < -0.39 is 5.97 Å². The minimum atomic E-state index is -0.593. The molecule has 2 aromatic carbocycles. The molecule has 0 bridgehead atoms. The van der Waals surface area contributed by atoms with Crippen molar-refractivity contribution in [3.8, 4) is 6.07 Å². The number of carbonyl (C=O) groups is 2. The zero-order chi connectivity index (χ0) is 18.9. The molecule has 2 rings (SSSR count). The van der Waals surface area contributed by atoms with E-state index in [1.165, 1.54) is 24.3 Å². The van der Waals surface area contributed by atoms with Gasteiger partial charge in [-0.2, -0.15) is 5.26 Å². The summed E-state index contributed by atoms with van der Waals surface area (Å²) in [6.07, 6.45) is 0.791. The molecule has 1 N–H and O–H groups in total. The number of hydrogen-bond acceptors (Lipinski definition) is 4. The van der Waals surface area contributed by atoms with Crippen LogP contribution in [0.1, 0.15) is 47.8 Å². The third kappa shape index (κ3) is 5.75. The van der Waals surface area contributed by atoms with E-state index in [2.05, 4.69) is 19.2 Å². The summed E-state index contributed by atoms with van der Waals surface area (Å²) in [7, 11) is 0. The molecule has 0 heterocycles. The van der Waals surface area contributed by atoms with Gasteiger partial charge in [0.1, 0.15) is 0 Å². The number of nitrogens with zero attached hydrogens (tertiary/aromatic N) is 1. The predicted octanol–water partition coefficient (Wildman–Crippen LogP) is 3.62. The molecule has 5 heteroatoms. The Labute approximate surface area is 153 Å². The second kappa shape index (κ2) is 9.38. The fourth-order valence-corrected chi connectivity index (χ4v) is 2.57. The SMILES string of the molecule is CC(C)C[C@@H](NC(=O)COC(=O)c1ccc(C#N)cc1)c1ccccc1. The normalized spacial score (nSPS) is 11.5. The summed E-state index contributed by atoms with van der Waals surface area (Å²) in [6, 6.07) is 17.7. The van der Waals surface area contributed by atoms with Crippen molar-refractivity contribution in [2.75, 3.05) is 6.61 Å². The molecule has 0 aliphatic rings. The van der Waals surface area contributed by atoms with Crippen LogP contribution in [0.25, 0.3) is 0 Å². The van der Waals surface area contributed by atoms with E-state index in [0.717, 1.165) is 12.0 Å². The molecular weight excluding hydrogens is 328 g/mol. The van der Waals surface area contributed by atoms with Crippen molar-refractivity contribution in [1.82, 2.24) is 5.32 Å². The highest BCUT2D eigenvalue weighted by Gasteiger charge is 2.17. The van der Waals surface area contributed by atoms with Gasteiger partial charge in [0.2, 0.25) is 0 Å². The third-order valence-electron chi connectivity index (χ3n) is 3.83. The highest BCUT2D eigenvalue weighted by molar-refractivity contribution is 5.91. The summed E-state index contributed by atoms with van der Waals surface area (Å²) in [6.45, 7) is 3.83. The zero-order valence-electron chi connectivity index (χ0n) is 14.9. The molecule has 0 unspecified atom stereocenters. The van der Waals surface area contributed by atoms with Gasteiger partial charge in [0, 0.05) is 0 Å². The zero-order valence-corrected chi connectivity index (χ0v) is 14.9. The summed E-state index contributed by atoms with van der Waals surface area (Å²) in [5, 5.41) is 11.7. The minimum absolute atomic E-state index is 0.127. The second-order valence-electron chi connectivity index (χ2n) is 6.43. The van der Waals surface area contributed by atoms with Crippen molar-refractivity contribution in [2.24, 2.45) is 5.92 Å². The van der Waals surface area contributed by atoms with Crippen LogP contribution in [0.15, 0.2) is 54.6 Å². The number of carbonyl (C=O) groups excluding carboxylic acids is 2. The van der Waals surface area contributed by atoms with E-state index in [1.807, 2.05) is 36.4 Å². The average Bonchev–Trinajstić information content (AvgIpc) is 2.66. The molecule has 1 atom stereocenters. The molecule has 0 aliphatic carbocycles. The average molecular weight is 350 g/mol. The molecule has 0 spiro atoms. The molecule has 2 aromatic rings. The van der Waals surface area contributed by atoms with Crippen LogP contribution in [0, 0.1) is 17.2 Å². The van der Waals surface area contributed by atoms with Gasteiger partial charge in [0.15, 0.2) is 6.61 Å². The molecule has 1 amide bonds. The van der Waals surface area contributed by atoms with Gasteiger partial charge in [0.25, 0.3) is 5.91 Å². The topological polar surface area (TPSA) is 79.2 Å². The summed E-state index contributed by atoms with van der Waals surface area (Å²) < 4.78 is 5.07. The highest BCUT2D eigenvalue weighted by Crippen LogP contribution is 2.21. The monoisotopic (exact) mass is 350 g/mol. The van der Waals surface area contributed by atoms with Gasteiger partial charge in [-0.15, -0.1) is 0 Å². The molecule has 0 saturated carbocycles. The minimum Gasteiger partial charge on any atom is -0.452 e. The van der Waals surface area contributed by atoms with E-state index in [4.69, 9.17) is 10.00 Å². The summed E-state index contributed by atoms with van der Waals surface area (Å²) >= 11 is 0. The summed E-state index contributed by atoms with van der Waals surface area (Å²) in [5.41, 5.74) is 1.78. The van der Waals surface area contributed by atoms with Crippen LogP contribution in [0.2, 0.25) is 0 Å². The fourth-order valence-electron chi connectivity index (χ4n) is 2.57. The fraction of sp³-hybridized carbons (Fsp3) is 0.286. The van der Waals surface area contributed by atoms with Crippen molar-refractivity contribution < 1.29 is 14.3 Å². The second-order valence-corrected chi connectivity index (χ2v) is 6.43. The van der Waals surface area contributed by atoms with Gasteiger partial charge >= 0.3 is 5.97 Å². The Bertz CT molecular complexity index is 777. The number of amides is 1. The number of esters is 1. The third-order valence-corrected chi connectivity index (χ3v) is 3.83. The lowest BCUT2D eigenvalue weighted by atomic mass is 9.97. The molecule has 0 radical (unpaired) electrons. The van der Waals surface area contributed by atoms with Gasteiger partial charge in [0.05, 0.1) is 23.2 Å². The van der Waals surface area contributed by atoms with Crippen LogP contribution in [0.3, 0.4) is 0 Å². The number of ether oxygens (including phenoxy) is 1. The molecule has 0 aliphatic heterocycles. The quantitative estimate of drug-likeness (QED) is 0.774. The summed E-state index contributed by atoms with van der Waals surface area (Å²) in [5.74, 6) is -0.534. The lowest BCUT2D eigenvalue weighted by Gasteiger charge is -2.21. The first-order valence-corrected chi connectivity index (χ1v) is 8.51. The Kier molecular flexibility index (Phi) is 6.92. The van der Waals surface area contributed by atoms with Crippen LogP contribution in [-0.2, 0) is 9.53 Å². The molecule has 134 valence electrons. The first kappa shape index (κ1) is 19.2. The van der Waals surface area contributed by atoms with Crippen molar-refractivity contribution in [3.05, 3.63) is 71.3 Å². The van der Waals surface area contributed by atoms with Crippen LogP contribution in [0.4, 0.5) is 0 Å². The van der Waals surface area contributed by atoms with Crippen LogP contribution in [0.5, 0.6) is 0 Å². The molecule has 0 aromatic heterocycles. The molecule has 0 saturated heterocycles.